The third kappa shape index (κ3) is 3.87. The lowest BCUT2D eigenvalue weighted by Crippen LogP contribution is -2.49. The molecule has 5 nitrogen and oxygen atoms in total. The lowest BCUT2D eigenvalue weighted by atomic mass is 10.0. The molecular formula is C15H23N3O2. The Morgan fingerprint density at radius 3 is 3.10 bits per heavy atom. The number of anilines is 1. The van der Waals surface area contributed by atoms with E-state index >= 15 is 0 Å². The normalized spacial score (nSPS) is 19.6. The number of nitrogens with zero attached hydrogens (tertiary/aromatic N) is 1. The molecule has 1 aliphatic rings. The molecule has 20 heavy (non-hydrogen) atoms. The lowest BCUT2D eigenvalue weighted by Gasteiger charge is -2.34. The van der Waals surface area contributed by atoms with Gasteiger partial charge in [0.05, 0.1) is 6.04 Å². The first kappa shape index (κ1) is 14.7. The van der Waals surface area contributed by atoms with E-state index in [9.17, 15) is 4.79 Å². The summed E-state index contributed by atoms with van der Waals surface area (Å²) in [5.74, 6) is 0.882. The quantitative estimate of drug-likeness (QED) is 0.795. The van der Waals surface area contributed by atoms with E-state index in [1.807, 2.05) is 24.3 Å². The first-order chi connectivity index (χ1) is 9.70. The molecule has 5 heteroatoms. The Hall–Kier alpha value is -1.75. The third-order valence-corrected chi connectivity index (χ3v) is 3.67. The van der Waals surface area contributed by atoms with Crippen molar-refractivity contribution in [1.82, 2.24) is 10.2 Å². The van der Waals surface area contributed by atoms with E-state index in [1.54, 1.807) is 7.05 Å². The van der Waals surface area contributed by atoms with Crippen LogP contribution in [0.15, 0.2) is 24.3 Å². The number of piperidine rings is 1. The van der Waals surface area contributed by atoms with E-state index in [0.29, 0.717) is 12.3 Å². The van der Waals surface area contributed by atoms with Gasteiger partial charge in [-0.1, -0.05) is 12.5 Å². The monoisotopic (exact) mass is 277 g/mol. The topological polar surface area (TPSA) is 67.6 Å². The number of carbonyl (C=O) groups excluding carboxylic acids is 1. The maximum absolute atomic E-state index is 11.8. The summed E-state index contributed by atoms with van der Waals surface area (Å²) in [6, 6.07) is 7.39. The van der Waals surface area contributed by atoms with Gasteiger partial charge in [0, 0.05) is 25.3 Å². The van der Waals surface area contributed by atoms with Crippen LogP contribution in [-0.4, -0.2) is 43.6 Å². The highest BCUT2D eigenvalue weighted by molar-refractivity contribution is 5.81. The van der Waals surface area contributed by atoms with Gasteiger partial charge in [0.1, 0.15) is 12.4 Å². The summed E-state index contributed by atoms with van der Waals surface area (Å²) in [4.78, 5) is 14.0. The zero-order chi connectivity index (χ0) is 14.4. The molecule has 1 saturated heterocycles. The van der Waals surface area contributed by atoms with Crippen molar-refractivity contribution in [2.75, 3.05) is 32.5 Å². The van der Waals surface area contributed by atoms with Crippen LogP contribution >= 0.6 is 0 Å². The molecule has 1 fully saturated rings. The van der Waals surface area contributed by atoms with E-state index in [-0.39, 0.29) is 11.9 Å². The predicted molar refractivity (Wildman–Crippen MR) is 79.6 cm³/mol. The van der Waals surface area contributed by atoms with Gasteiger partial charge >= 0.3 is 0 Å². The van der Waals surface area contributed by atoms with Crippen molar-refractivity contribution in [3.8, 4) is 5.75 Å². The molecule has 0 aliphatic carbocycles. The average Bonchev–Trinajstić information content (AvgIpc) is 2.47. The van der Waals surface area contributed by atoms with Crippen LogP contribution in [0.25, 0.3) is 0 Å². The van der Waals surface area contributed by atoms with Crippen LogP contribution in [0.3, 0.4) is 0 Å². The number of carbonyl (C=O) groups is 1. The maximum Gasteiger partial charge on any atom is 0.237 e. The Morgan fingerprint density at radius 1 is 1.50 bits per heavy atom. The van der Waals surface area contributed by atoms with Crippen molar-refractivity contribution >= 4 is 11.6 Å². The Labute approximate surface area is 120 Å². The van der Waals surface area contributed by atoms with Gasteiger partial charge in [-0.25, -0.2) is 0 Å². The maximum atomic E-state index is 11.8. The van der Waals surface area contributed by atoms with Crippen LogP contribution in [0.5, 0.6) is 5.75 Å². The molecular weight excluding hydrogens is 254 g/mol. The minimum absolute atomic E-state index is 0.0156. The number of nitrogen functional groups attached to an aromatic ring is 1. The van der Waals surface area contributed by atoms with Crippen LogP contribution in [0.4, 0.5) is 5.69 Å². The van der Waals surface area contributed by atoms with Crippen molar-refractivity contribution in [3.63, 3.8) is 0 Å². The van der Waals surface area contributed by atoms with Crippen molar-refractivity contribution in [3.05, 3.63) is 24.3 Å². The molecule has 110 valence electrons. The molecule has 3 N–H and O–H groups in total. The van der Waals surface area contributed by atoms with Crippen molar-refractivity contribution < 1.29 is 9.53 Å². The fourth-order valence-corrected chi connectivity index (χ4v) is 2.61. The highest BCUT2D eigenvalue weighted by atomic mass is 16.5. The summed E-state index contributed by atoms with van der Waals surface area (Å²) in [5, 5.41) is 2.74. The summed E-state index contributed by atoms with van der Waals surface area (Å²) in [6.07, 6.45) is 3.19. The molecule has 0 bridgehead atoms. The number of likely N-dealkylation sites (N-methyl/N-ethyl adjacent to an activating group) is 1. The number of benzene rings is 1. The number of hydrogen-bond acceptors (Lipinski definition) is 4. The summed E-state index contributed by atoms with van der Waals surface area (Å²) in [7, 11) is 1.69. The van der Waals surface area contributed by atoms with Gasteiger partial charge in [-0.05, 0) is 31.5 Å². The van der Waals surface area contributed by atoms with E-state index in [2.05, 4.69) is 10.2 Å². The van der Waals surface area contributed by atoms with Crippen LogP contribution in [0.1, 0.15) is 19.3 Å². The fourth-order valence-electron chi connectivity index (χ4n) is 2.61. The molecule has 2 rings (SSSR count). The minimum Gasteiger partial charge on any atom is -0.492 e. The second kappa shape index (κ2) is 7.14. The standard InChI is InChI=1S/C15H23N3O2/c1-17-15(19)14-7-2-3-8-18(14)9-10-20-13-6-4-5-12(16)11-13/h4-6,11,14H,2-3,7-10,16H2,1H3,(H,17,19). The molecule has 0 spiro atoms. The first-order valence-corrected chi connectivity index (χ1v) is 7.14. The number of rotatable bonds is 5. The molecule has 1 aromatic carbocycles. The van der Waals surface area contributed by atoms with Crippen molar-refractivity contribution in [1.29, 1.82) is 0 Å². The Bertz CT molecular complexity index is 450. The second-order valence-electron chi connectivity index (χ2n) is 5.08. The number of ether oxygens (including phenoxy) is 1. The summed E-state index contributed by atoms with van der Waals surface area (Å²) in [5.41, 5.74) is 6.41. The molecule has 1 unspecified atom stereocenters. The highest BCUT2D eigenvalue weighted by Gasteiger charge is 2.27. The Morgan fingerprint density at radius 2 is 2.35 bits per heavy atom. The number of nitrogens with two attached hydrogens (primary N) is 1. The van der Waals surface area contributed by atoms with Gasteiger partial charge in [-0.15, -0.1) is 0 Å². The molecule has 0 aromatic heterocycles. The Kier molecular flexibility index (Phi) is 5.24. The lowest BCUT2D eigenvalue weighted by molar-refractivity contribution is -0.127. The van der Waals surface area contributed by atoms with Gasteiger partial charge in [0.25, 0.3) is 0 Å². The largest absolute Gasteiger partial charge is 0.492 e. The summed E-state index contributed by atoms with van der Waals surface area (Å²) in [6.45, 7) is 2.28. The van der Waals surface area contributed by atoms with Crippen LogP contribution < -0.4 is 15.8 Å². The predicted octanol–water partition coefficient (Wildman–Crippen LogP) is 1.25. The van der Waals surface area contributed by atoms with Crippen LogP contribution in [-0.2, 0) is 4.79 Å². The molecule has 1 heterocycles. The molecule has 0 radical (unpaired) electrons. The van der Waals surface area contributed by atoms with Crippen LogP contribution in [0, 0.1) is 0 Å². The number of nitrogens with one attached hydrogen (secondary N) is 1. The van der Waals surface area contributed by atoms with Gasteiger partial charge in [0.15, 0.2) is 0 Å². The fraction of sp³-hybridized carbons (Fsp3) is 0.533. The van der Waals surface area contributed by atoms with Gasteiger partial charge < -0.3 is 15.8 Å². The minimum atomic E-state index is -0.0156. The smallest absolute Gasteiger partial charge is 0.237 e. The van der Waals surface area contributed by atoms with Gasteiger partial charge in [-0.2, -0.15) is 0 Å². The molecule has 1 atom stereocenters. The van der Waals surface area contributed by atoms with E-state index in [0.717, 1.165) is 38.1 Å². The van der Waals surface area contributed by atoms with Crippen molar-refractivity contribution in [2.24, 2.45) is 0 Å². The molecule has 0 saturated carbocycles. The Balaban J connectivity index is 1.84. The zero-order valence-corrected chi connectivity index (χ0v) is 12.0. The summed E-state index contributed by atoms with van der Waals surface area (Å²) < 4.78 is 5.70. The molecule has 1 aliphatic heterocycles. The van der Waals surface area contributed by atoms with E-state index < -0.39 is 0 Å². The highest BCUT2D eigenvalue weighted by Crippen LogP contribution is 2.18. The van der Waals surface area contributed by atoms with Crippen LogP contribution in [0.2, 0.25) is 0 Å². The number of hydrogen-bond donors (Lipinski definition) is 2. The zero-order valence-electron chi connectivity index (χ0n) is 12.0. The molecule has 1 amide bonds. The molecule has 1 aromatic rings. The van der Waals surface area contributed by atoms with E-state index in [4.69, 9.17) is 10.5 Å². The first-order valence-electron chi connectivity index (χ1n) is 7.14. The third-order valence-electron chi connectivity index (χ3n) is 3.67. The summed E-state index contributed by atoms with van der Waals surface area (Å²) >= 11 is 0. The van der Waals surface area contributed by atoms with Crippen molar-refractivity contribution in [2.45, 2.75) is 25.3 Å². The number of amides is 1. The second-order valence-corrected chi connectivity index (χ2v) is 5.08. The van der Waals surface area contributed by atoms with E-state index in [1.165, 1.54) is 0 Å². The van der Waals surface area contributed by atoms with Gasteiger partial charge in [0.2, 0.25) is 5.91 Å². The SMILES string of the molecule is CNC(=O)C1CCCCN1CCOc1cccc(N)c1. The number of likely N-dealkylation sites (tertiary alicyclic amines) is 1. The average molecular weight is 277 g/mol. The van der Waals surface area contributed by atoms with Gasteiger partial charge in [-0.3, -0.25) is 9.69 Å².